The molecule has 0 aliphatic rings. The van der Waals surface area contributed by atoms with Gasteiger partial charge in [-0.25, -0.2) is 8.42 Å². The lowest BCUT2D eigenvalue weighted by molar-refractivity contribution is -0.385. The van der Waals surface area contributed by atoms with Crippen LogP contribution in [0.1, 0.15) is 29.8 Å². The number of carbonyl (C=O) groups is 1. The third-order valence-electron chi connectivity index (χ3n) is 4.12. The van der Waals surface area contributed by atoms with Gasteiger partial charge in [-0.2, -0.15) is 4.31 Å². The third kappa shape index (κ3) is 4.50. The van der Waals surface area contributed by atoms with Crippen LogP contribution < -0.4 is 5.32 Å². The first-order valence-electron chi connectivity index (χ1n) is 8.37. The maximum absolute atomic E-state index is 12.5. The Hall–Kier alpha value is -2.78. The van der Waals surface area contributed by atoms with Gasteiger partial charge in [-0.3, -0.25) is 14.9 Å². The highest BCUT2D eigenvalue weighted by Gasteiger charge is 2.21. The second-order valence-corrected chi connectivity index (χ2v) is 7.76. The van der Waals surface area contributed by atoms with Crippen LogP contribution in [0.2, 0.25) is 0 Å². The number of nitro benzene ring substituents is 1. The minimum atomic E-state index is -3.57. The number of benzene rings is 2. The van der Waals surface area contributed by atoms with Crippen molar-refractivity contribution in [2.75, 3.05) is 18.4 Å². The standard InChI is InChI=1S/C18H21N3O5S/c1-4-20(5-2)27(25,26)16-10-8-15(9-11-16)19-18(22)14-7-6-13(3)17(12-14)21(23)24/h6-12H,4-5H2,1-3H3,(H,19,22). The van der Waals surface area contributed by atoms with Crippen LogP contribution in [0, 0.1) is 17.0 Å². The minimum Gasteiger partial charge on any atom is -0.322 e. The van der Waals surface area contributed by atoms with E-state index < -0.39 is 20.9 Å². The first kappa shape index (κ1) is 20.5. The van der Waals surface area contributed by atoms with E-state index in [1.165, 1.54) is 46.8 Å². The fourth-order valence-electron chi connectivity index (χ4n) is 2.57. The predicted octanol–water partition coefficient (Wildman–Crippen LogP) is 3.19. The average molecular weight is 391 g/mol. The number of nitro groups is 1. The van der Waals surface area contributed by atoms with Crippen molar-refractivity contribution in [3.05, 3.63) is 63.7 Å². The Morgan fingerprint density at radius 1 is 1.11 bits per heavy atom. The first-order valence-corrected chi connectivity index (χ1v) is 9.81. The van der Waals surface area contributed by atoms with Crippen molar-refractivity contribution >= 4 is 27.3 Å². The van der Waals surface area contributed by atoms with E-state index in [0.717, 1.165) is 0 Å². The molecule has 2 rings (SSSR count). The van der Waals surface area contributed by atoms with Gasteiger partial charge in [0.2, 0.25) is 10.0 Å². The van der Waals surface area contributed by atoms with Crippen molar-refractivity contribution in [3.8, 4) is 0 Å². The molecule has 0 spiro atoms. The summed E-state index contributed by atoms with van der Waals surface area (Å²) in [5, 5.41) is 13.6. The number of anilines is 1. The molecule has 9 heteroatoms. The van der Waals surface area contributed by atoms with E-state index in [4.69, 9.17) is 0 Å². The van der Waals surface area contributed by atoms with Crippen molar-refractivity contribution in [1.82, 2.24) is 4.31 Å². The molecule has 8 nitrogen and oxygen atoms in total. The Labute approximate surface area is 158 Å². The maximum Gasteiger partial charge on any atom is 0.273 e. The number of amides is 1. The molecule has 0 aliphatic carbocycles. The Balaban J connectivity index is 2.21. The first-order chi connectivity index (χ1) is 12.7. The van der Waals surface area contributed by atoms with Gasteiger partial charge in [-0.1, -0.05) is 19.9 Å². The number of rotatable bonds is 7. The van der Waals surface area contributed by atoms with E-state index in [2.05, 4.69) is 5.32 Å². The quantitative estimate of drug-likeness (QED) is 0.576. The summed E-state index contributed by atoms with van der Waals surface area (Å²) in [5.41, 5.74) is 0.861. The zero-order chi connectivity index (χ0) is 20.2. The van der Waals surface area contributed by atoms with Crippen LogP contribution in [0.25, 0.3) is 0 Å². The van der Waals surface area contributed by atoms with Gasteiger partial charge in [-0.05, 0) is 37.3 Å². The minimum absolute atomic E-state index is 0.134. The van der Waals surface area contributed by atoms with Gasteiger partial charge in [0.15, 0.2) is 0 Å². The Bertz CT molecular complexity index is 951. The highest BCUT2D eigenvalue weighted by molar-refractivity contribution is 7.89. The molecule has 0 fully saturated rings. The molecule has 0 saturated carbocycles. The van der Waals surface area contributed by atoms with Gasteiger partial charge in [0.25, 0.3) is 11.6 Å². The van der Waals surface area contributed by atoms with Crippen molar-refractivity contribution in [1.29, 1.82) is 0 Å². The lowest BCUT2D eigenvalue weighted by atomic mass is 10.1. The molecule has 0 radical (unpaired) electrons. The monoisotopic (exact) mass is 391 g/mol. The van der Waals surface area contributed by atoms with E-state index in [9.17, 15) is 23.3 Å². The van der Waals surface area contributed by atoms with E-state index in [1.807, 2.05) is 0 Å². The fourth-order valence-corrected chi connectivity index (χ4v) is 4.03. The summed E-state index contributed by atoms with van der Waals surface area (Å²) in [6, 6.07) is 10.0. The van der Waals surface area contributed by atoms with E-state index >= 15 is 0 Å². The van der Waals surface area contributed by atoms with Crippen molar-refractivity contribution in [2.24, 2.45) is 0 Å². The summed E-state index contributed by atoms with van der Waals surface area (Å²) in [6.45, 7) is 5.84. The van der Waals surface area contributed by atoms with Crippen LogP contribution in [-0.4, -0.2) is 36.6 Å². The van der Waals surface area contributed by atoms with Crippen LogP contribution in [0.4, 0.5) is 11.4 Å². The van der Waals surface area contributed by atoms with Gasteiger partial charge in [-0.15, -0.1) is 0 Å². The summed E-state index contributed by atoms with van der Waals surface area (Å²) in [6.07, 6.45) is 0. The highest BCUT2D eigenvalue weighted by Crippen LogP contribution is 2.21. The summed E-state index contributed by atoms with van der Waals surface area (Å²) >= 11 is 0. The molecular formula is C18H21N3O5S. The van der Waals surface area contributed by atoms with Crippen LogP contribution >= 0.6 is 0 Å². The van der Waals surface area contributed by atoms with Crippen LogP contribution in [0.15, 0.2) is 47.4 Å². The second kappa shape index (κ2) is 8.28. The van der Waals surface area contributed by atoms with Gasteiger partial charge < -0.3 is 5.32 Å². The molecule has 0 aromatic heterocycles. The lowest BCUT2D eigenvalue weighted by Crippen LogP contribution is -2.30. The highest BCUT2D eigenvalue weighted by atomic mass is 32.2. The van der Waals surface area contributed by atoms with Crippen molar-refractivity contribution < 1.29 is 18.1 Å². The molecule has 1 amide bonds. The summed E-state index contributed by atoms with van der Waals surface area (Å²) in [4.78, 5) is 22.9. The van der Waals surface area contributed by atoms with Crippen LogP contribution in [-0.2, 0) is 10.0 Å². The molecule has 27 heavy (non-hydrogen) atoms. The zero-order valence-electron chi connectivity index (χ0n) is 15.3. The Morgan fingerprint density at radius 2 is 1.70 bits per heavy atom. The molecule has 0 heterocycles. The van der Waals surface area contributed by atoms with Crippen LogP contribution in [0.5, 0.6) is 0 Å². The van der Waals surface area contributed by atoms with Gasteiger partial charge >= 0.3 is 0 Å². The second-order valence-electron chi connectivity index (χ2n) is 5.83. The molecule has 0 saturated heterocycles. The molecule has 2 aromatic rings. The number of nitrogens with zero attached hydrogens (tertiary/aromatic N) is 2. The third-order valence-corrected chi connectivity index (χ3v) is 6.19. The number of hydrogen-bond acceptors (Lipinski definition) is 5. The van der Waals surface area contributed by atoms with E-state index in [1.54, 1.807) is 20.8 Å². The molecule has 0 atom stereocenters. The van der Waals surface area contributed by atoms with E-state index in [0.29, 0.717) is 24.3 Å². The number of sulfonamides is 1. The van der Waals surface area contributed by atoms with Gasteiger partial charge in [0.05, 0.1) is 9.82 Å². The number of hydrogen-bond donors (Lipinski definition) is 1. The molecule has 144 valence electrons. The lowest BCUT2D eigenvalue weighted by Gasteiger charge is -2.18. The predicted molar refractivity (Wildman–Crippen MR) is 102 cm³/mol. The summed E-state index contributed by atoms with van der Waals surface area (Å²) < 4.78 is 26.3. The number of nitrogens with one attached hydrogen (secondary N) is 1. The van der Waals surface area contributed by atoms with E-state index in [-0.39, 0.29) is 16.1 Å². The normalized spacial score (nSPS) is 11.4. The number of carbonyl (C=O) groups excluding carboxylic acids is 1. The molecule has 0 bridgehead atoms. The summed E-state index contributed by atoms with van der Waals surface area (Å²) in [5.74, 6) is -0.516. The number of aryl methyl sites for hydroxylation is 1. The topological polar surface area (TPSA) is 110 Å². The molecule has 0 aliphatic heterocycles. The smallest absolute Gasteiger partial charge is 0.273 e. The SMILES string of the molecule is CCN(CC)S(=O)(=O)c1ccc(NC(=O)c2ccc(C)c([N+](=O)[O-])c2)cc1. The fraction of sp³-hybridized carbons (Fsp3) is 0.278. The average Bonchev–Trinajstić information content (AvgIpc) is 2.63. The Morgan fingerprint density at radius 3 is 2.22 bits per heavy atom. The maximum atomic E-state index is 12.5. The van der Waals surface area contributed by atoms with Crippen molar-refractivity contribution in [2.45, 2.75) is 25.7 Å². The molecule has 0 unspecified atom stereocenters. The molecule has 2 aromatic carbocycles. The van der Waals surface area contributed by atoms with Gasteiger partial charge in [0, 0.05) is 36.0 Å². The largest absolute Gasteiger partial charge is 0.322 e. The van der Waals surface area contributed by atoms with Crippen molar-refractivity contribution in [3.63, 3.8) is 0 Å². The molecule has 1 N–H and O–H groups in total. The molecular weight excluding hydrogens is 370 g/mol. The van der Waals surface area contributed by atoms with Crippen LogP contribution in [0.3, 0.4) is 0 Å². The Kier molecular flexibility index (Phi) is 6.29. The van der Waals surface area contributed by atoms with Gasteiger partial charge in [0.1, 0.15) is 0 Å². The summed E-state index contributed by atoms with van der Waals surface area (Å²) in [7, 11) is -3.57. The zero-order valence-corrected chi connectivity index (χ0v) is 16.1.